The van der Waals surface area contributed by atoms with E-state index in [1.165, 1.54) is 18.2 Å². The molecule has 0 saturated carbocycles. The Morgan fingerprint density at radius 2 is 1.77 bits per heavy atom. The van der Waals surface area contributed by atoms with Crippen molar-refractivity contribution < 1.29 is 4.55 Å². The average molecular weight is 438 g/mol. The van der Waals surface area contributed by atoms with E-state index in [1.54, 1.807) is 11.8 Å². The van der Waals surface area contributed by atoms with Crippen molar-refractivity contribution >= 4 is 39.8 Å². The standard InChI is InChI=1S/C20H19N7OS2/c28-30-8-6-27(7-9-30)20-18-16(22-13-25-20)17(23-12-24-18)19-21-10-15(26-19)29-11-14-4-2-1-3-5-14/h1-5,10,12-13H,6-9,11H2,(H,21,26). The fourth-order valence-electron chi connectivity index (χ4n) is 3.35. The first-order chi connectivity index (χ1) is 14.8. The first kappa shape index (κ1) is 19.3. The first-order valence-corrected chi connectivity index (χ1v) is 12.0. The van der Waals surface area contributed by atoms with Gasteiger partial charge in [-0.15, -0.1) is 11.8 Å². The van der Waals surface area contributed by atoms with E-state index < -0.39 is 11.2 Å². The number of imidazole rings is 1. The number of aromatic nitrogens is 6. The van der Waals surface area contributed by atoms with E-state index in [4.69, 9.17) is 4.98 Å². The summed E-state index contributed by atoms with van der Waals surface area (Å²) in [5, 5.41) is 0.897. The summed E-state index contributed by atoms with van der Waals surface area (Å²) in [6, 6.07) is 10.3. The molecule has 0 aliphatic carbocycles. The van der Waals surface area contributed by atoms with E-state index in [9.17, 15) is 4.55 Å². The molecule has 1 fully saturated rings. The molecule has 4 aromatic rings. The van der Waals surface area contributed by atoms with Crippen molar-refractivity contribution in [2.24, 2.45) is 0 Å². The van der Waals surface area contributed by atoms with Gasteiger partial charge in [-0.25, -0.2) is 24.9 Å². The zero-order chi connectivity index (χ0) is 20.3. The molecule has 0 bridgehead atoms. The van der Waals surface area contributed by atoms with Gasteiger partial charge in [0.2, 0.25) is 0 Å². The maximum atomic E-state index is 11.7. The Hall–Kier alpha value is -2.69. The van der Waals surface area contributed by atoms with Crippen molar-refractivity contribution in [1.82, 2.24) is 29.9 Å². The van der Waals surface area contributed by atoms with Crippen LogP contribution in [-0.4, -0.2) is 59.1 Å². The fourth-order valence-corrected chi connectivity index (χ4v) is 5.21. The van der Waals surface area contributed by atoms with Gasteiger partial charge in [0.1, 0.15) is 45.9 Å². The lowest BCUT2D eigenvalue weighted by atomic mass is 10.2. The highest BCUT2D eigenvalue weighted by molar-refractivity contribution is 7.98. The highest BCUT2D eigenvalue weighted by Crippen LogP contribution is 2.29. The van der Waals surface area contributed by atoms with E-state index in [0.29, 0.717) is 47.1 Å². The molecular formula is C20H19N7OS2. The van der Waals surface area contributed by atoms with E-state index in [2.05, 4.69) is 42.0 Å². The largest absolute Gasteiger partial charge is 0.616 e. The molecule has 1 aliphatic rings. The van der Waals surface area contributed by atoms with Crippen molar-refractivity contribution in [3.8, 4) is 11.5 Å². The maximum Gasteiger partial charge on any atom is 0.159 e. The van der Waals surface area contributed by atoms with Crippen LogP contribution in [0, 0.1) is 0 Å². The smallest absolute Gasteiger partial charge is 0.159 e. The molecule has 3 aromatic heterocycles. The van der Waals surface area contributed by atoms with Gasteiger partial charge >= 0.3 is 0 Å². The number of thioether (sulfide) groups is 1. The molecule has 0 atom stereocenters. The Labute approximate surface area is 180 Å². The van der Waals surface area contributed by atoms with Gasteiger partial charge in [0.15, 0.2) is 11.6 Å². The number of rotatable bonds is 5. The molecule has 5 rings (SSSR count). The van der Waals surface area contributed by atoms with Crippen LogP contribution in [0.1, 0.15) is 5.56 Å². The van der Waals surface area contributed by atoms with Crippen molar-refractivity contribution in [3.63, 3.8) is 0 Å². The molecule has 0 radical (unpaired) electrons. The number of nitrogens with zero attached hydrogens (tertiary/aromatic N) is 6. The number of benzene rings is 1. The second-order valence-corrected chi connectivity index (χ2v) is 9.51. The Balaban J connectivity index is 1.42. The molecule has 1 aliphatic heterocycles. The van der Waals surface area contributed by atoms with Crippen LogP contribution >= 0.6 is 11.8 Å². The molecule has 1 saturated heterocycles. The SMILES string of the molecule is [O-][S+]1CCN(c2ncnc3c(-c4nc(SCc5ccccc5)c[nH]4)ncnc23)CC1. The van der Waals surface area contributed by atoms with Crippen LogP contribution in [0.25, 0.3) is 22.6 Å². The fraction of sp³-hybridized carbons (Fsp3) is 0.250. The predicted molar refractivity (Wildman–Crippen MR) is 119 cm³/mol. The minimum absolute atomic E-state index is 0.642. The van der Waals surface area contributed by atoms with Crippen LogP contribution in [0.4, 0.5) is 5.82 Å². The summed E-state index contributed by atoms with van der Waals surface area (Å²) in [5.74, 6) is 3.54. The van der Waals surface area contributed by atoms with Crippen LogP contribution in [0.3, 0.4) is 0 Å². The molecule has 30 heavy (non-hydrogen) atoms. The van der Waals surface area contributed by atoms with Crippen molar-refractivity contribution in [2.75, 3.05) is 29.5 Å². The van der Waals surface area contributed by atoms with Crippen LogP contribution in [-0.2, 0) is 16.9 Å². The highest BCUT2D eigenvalue weighted by atomic mass is 32.2. The Bertz CT molecular complexity index is 1150. The highest BCUT2D eigenvalue weighted by Gasteiger charge is 2.24. The van der Waals surface area contributed by atoms with Crippen LogP contribution in [0.2, 0.25) is 0 Å². The Morgan fingerprint density at radius 3 is 2.60 bits per heavy atom. The zero-order valence-electron chi connectivity index (χ0n) is 16.1. The third-order valence-corrected chi connectivity index (χ3v) is 7.14. The molecule has 0 amide bonds. The quantitative estimate of drug-likeness (QED) is 0.375. The first-order valence-electron chi connectivity index (χ1n) is 9.56. The summed E-state index contributed by atoms with van der Waals surface area (Å²) >= 11 is 0.914. The summed E-state index contributed by atoms with van der Waals surface area (Å²) in [5.41, 5.74) is 3.24. The molecule has 1 N–H and O–H groups in total. The number of anilines is 1. The van der Waals surface area contributed by atoms with Gasteiger partial charge in [0.25, 0.3) is 0 Å². The number of hydrogen-bond donors (Lipinski definition) is 1. The summed E-state index contributed by atoms with van der Waals surface area (Å²) in [6.45, 7) is 1.39. The topological polar surface area (TPSA) is 107 Å². The maximum absolute atomic E-state index is 11.7. The lowest BCUT2D eigenvalue weighted by Crippen LogP contribution is -2.40. The third-order valence-electron chi connectivity index (χ3n) is 4.89. The molecule has 8 nitrogen and oxygen atoms in total. The molecule has 0 unspecified atom stereocenters. The van der Waals surface area contributed by atoms with E-state index in [1.807, 2.05) is 24.4 Å². The van der Waals surface area contributed by atoms with E-state index in [0.717, 1.165) is 16.6 Å². The minimum Gasteiger partial charge on any atom is -0.616 e. The van der Waals surface area contributed by atoms with Gasteiger partial charge in [0, 0.05) is 11.9 Å². The zero-order valence-corrected chi connectivity index (χ0v) is 17.7. The summed E-state index contributed by atoms with van der Waals surface area (Å²) in [4.78, 5) is 27.8. The van der Waals surface area contributed by atoms with Crippen LogP contribution < -0.4 is 4.90 Å². The van der Waals surface area contributed by atoms with Gasteiger partial charge in [0.05, 0.1) is 13.1 Å². The van der Waals surface area contributed by atoms with E-state index in [-0.39, 0.29) is 0 Å². The Kier molecular flexibility index (Phi) is 5.52. The number of hydrogen-bond acceptors (Lipinski definition) is 8. The monoisotopic (exact) mass is 437 g/mol. The Morgan fingerprint density at radius 1 is 1.00 bits per heavy atom. The number of aromatic amines is 1. The third kappa shape index (κ3) is 3.98. The summed E-state index contributed by atoms with van der Waals surface area (Å²) < 4.78 is 11.7. The average Bonchev–Trinajstić information content (AvgIpc) is 3.27. The molecule has 0 spiro atoms. The van der Waals surface area contributed by atoms with Crippen LogP contribution in [0.15, 0.2) is 54.2 Å². The number of H-pyrrole nitrogens is 1. The second kappa shape index (κ2) is 8.58. The van der Waals surface area contributed by atoms with Gasteiger partial charge in [-0.05, 0) is 5.56 Å². The summed E-state index contributed by atoms with van der Waals surface area (Å²) in [6.07, 6.45) is 4.94. The van der Waals surface area contributed by atoms with Gasteiger partial charge in [-0.3, -0.25) is 0 Å². The van der Waals surface area contributed by atoms with Gasteiger partial charge < -0.3 is 14.4 Å². The molecule has 1 aromatic carbocycles. The predicted octanol–water partition coefficient (Wildman–Crippen LogP) is 2.67. The van der Waals surface area contributed by atoms with E-state index >= 15 is 0 Å². The lowest BCUT2D eigenvalue weighted by Gasteiger charge is -2.29. The second-order valence-electron chi connectivity index (χ2n) is 6.81. The van der Waals surface area contributed by atoms with Crippen LogP contribution in [0.5, 0.6) is 0 Å². The normalized spacial score (nSPS) is 15.0. The molecule has 4 heterocycles. The van der Waals surface area contributed by atoms with Gasteiger partial charge in [-0.1, -0.05) is 41.5 Å². The summed E-state index contributed by atoms with van der Waals surface area (Å²) in [7, 11) is 0. The van der Waals surface area contributed by atoms with Gasteiger partial charge in [-0.2, -0.15) is 0 Å². The molecular weight excluding hydrogens is 418 g/mol. The number of fused-ring (bicyclic) bond motifs is 1. The van der Waals surface area contributed by atoms with Crippen molar-refractivity contribution in [1.29, 1.82) is 0 Å². The van der Waals surface area contributed by atoms with Crippen molar-refractivity contribution in [3.05, 3.63) is 54.7 Å². The lowest BCUT2D eigenvalue weighted by molar-refractivity contribution is 0.585. The molecule has 10 heteroatoms. The minimum atomic E-state index is -0.751. The van der Waals surface area contributed by atoms with Crippen molar-refractivity contribution in [2.45, 2.75) is 10.8 Å². The number of nitrogens with one attached hydrogen (secondary N) is 1. The molecule has 152 valence electrons.